The van der Waals surface area contributed by atoms with Gasteiger partial charge in [0.15, 0.2) is 0 Å². The third-order valence-electron chi connectivity index (χ3n) is 3.27. The number of carboxylic acids is 1. The zero-order valence-electron chi connectivity index (χ0n) is 14.2. The molecule has 3 N–H and O–H groups in total. The minimum Gasteiger partial charge on any atom is -0.494 e. The maximum Gasteiger partial charge on any atom is 0.303 e. The van der Waals surface area contributed by atoms with Crippen LogP contribution in [0.2, 0.25) is 0 Å². The molecule has 1 rings (SSSR count). The molecule has 25 heavy (non-hydrogen) atoms. The van der Waals surface area contributed by atoms with Gasteiger partial charge < -0.3 is 20.5 Å². The van der Waals surface area contributed by atoms with Crippen molar-refractivity contribution in [2.75, 3.05) is 18.5 Å². The van der Waals surface area contributed by atoms with E-state index in [-0.39, 0.29) is 12.0 Å². The maximum absolute atomic E-state index is 11.9. The minimum absolute atomic E-state index is 0.0283. The summed E-state index contributed by atoms with van der Waals surface area (Å²) in [5, 5.41) is 23.2. The Morgan fingerprint density at radius 2 is 1.96 bits per heavy atom. The maximum atomic E-state index is 11.9. The van der Waals surface area contributed by atoms with Gasteiger partial charge in [0.2, 0.25) is 0 Å². The second-order valence-electron chi connectivity index (χ2n) is 5.23. The van der Waals surface area contributed by atoms with Crippen LogP contribution in [-0.2, 0) is 9.59 Å². The van der Waals surface area contributed by atoms with Crippen LogP contribution in [0.3, 0.4) is 0 Å². The number of anilines is 1. The van der Waals surface area contributed by atoms with Crippen molar-refractivity contribution >= 4 is 17.6 Å². The van der Waals surface area contributed by atoms with Gasteiger partial charge >= 0.3 is 5.97 Å². The van der Waals surface area contributed by atoms with E-state index in [1.54, 1.807) is 24.3 Å². The summed E-state index contributed by atoms with van der Waals surface area (Å²) < 4.78 is 5.34. The van der Waals surface area contributed by atoms with E-state index in [4.69, 9.17) is 15.1 Å². The summed E-state index contributed by atoms with van der Waals surface area (Å²) in [6.07, 6.45) is 3.44. The fraction of sp³-hybridized carbons (Fsp3) is 0.389. The molecule has 0 atom stereocenters. The molecule has 0 spiro atoms. The molecule has 0 aliphatic carbocycles. The molecular weight excluding hydrogens is 322 g/mol. The number of benzene rings is 1. The van der Waals surface area contributed by atoms with Crippen LogP contribution in [0.5, 0.6) is 5.75 Å². The first-order valence-corrected chi connectivity index (χ1v) is 8.16. The summed E-state index contributed by atoms with van der Waals surface area (Å²) in [5.41, 5.74) is 0.706. The van der Waals surface area contributed by atoms with Gasteiger partial charge in [-0.25, -0.2) is 0 Å². The molecule has 7 nitrogen and oxygen atoms in total. The van der Waals surface area contributed by atoms with Crippen molar-refractivity contribution in [3.63, 3.8) is 0 Å². The molecule has 0 fully saturated rings. The Kier molecular flexibility index (Phi) is 9.23. The lowest BCUT2D eigenvalue weighted by Gasteiger charge is -2.06. The lowest BCUT2D eigenvalue weighted by Crippen LogP contribution is -2.26. The molecular formula is C18H23N3O4. The van der Waals surface area contributed by atoms with Gasteiger partial charge in [-0.05, 0) is 44.0 Å². The average molecular weight is 345 g/mol. The highest BCUT2D eigenvalue weighted by molar-refractivity contribution is 5.97. The third-order valence-corrected chi connectivity index (χ3v) is 3.27. The summed E-state index contributed by atoms with van der Waals surface area (Å²) in [6.45, 7) is 2.89. The Hall–Kier alpha value is -3.01. The van der Waals surface area contributed by atoms with Gasteiger partial charge in [0, 0.05) is 24.9 Å². The zero-order valence-corrected chi connectivity index (χ0v) is 14.2. The molecule has 1 aromatic rings. The number of nitrogens with zero attached hydrogens (tertiary/aromatic N) is 1. The van der Waals surface area contributed by atoms with Crippen LogP contribution in [0.1, 0.15) is 32.6 Å². The molecule has 0 saturated heterocycles. The van der Waals surface area contributed by atoms with Crippen molar-refractivity contribution in [1.82, 2.24) is 5.32 Å². The van der Waals surface area contributed by atoms with Crippen LogP contribution in [0.4, 0.5) is 5.69 Å². The molecule has 0 heterocycles. The number of rotatable bonds is 11. The number of ether oxygens (including phenoxy) is 1. The molecule has 0 aliphatic rings. The second-order valence-corrected chi connectivity index (χ2v) is 5.23. The molecule has 134 valence electrons. The number of hydrogen-bond donors (Lipinski definition) is 3. The van der Waals surface area contributed by atoms with Gasteiger partial charge in [-0.2, -0.15) is 5.26 Å². The Balaban J connectivity index is 2.40. The highest BCUT2D eigenvalue weighted by Gasteiger charge is 2.08. The van der Waals surface area contributed by atoms with E-state index >= 15 is 0 Å². The second kappa shape index (κ2) is 11.5. The van der Waals surface area contributed by atoms with Crippen LogP contribution < -0.4 is 15.4 Å². The number of carbonyl (C=O) groups is 2. The quantitative estimate of drug-likeness (QED) is 0.323. The molecule has 7 heteroatoms. The Labute approximate surface area is 147 Å². The number of nitrogens with one attached hydrogen (secondary N) is 2. The van der Waals surface area contributed by atoms with Crippen LogP contribution >= 0.6 is 0 Å². The van der Waals surface area contributed by atoms with Gasteiger partial charge in [-0.3, -0.25) is 9.59 Å². The standard InChI is InChI=1S/C18H23N3O4/c1-2-25-16-9-7-15(8-10-16)21-13-14(12-19)18(24)20-11-5-3-4-6-17(22)23/h7-10,13,21H,2-6,11H2,1H3,(H,20,24)(H,22,23)/b14-13-. The number of hydrogen-bond acceptors (Lipinski definition) is 5. The van der Waals surface area contributed by atoms with E-state index in [1.165, 1.54) is 6.20 Å². The molecule has 0 unspecified atom stereocenters. The van der Waals surface area contributed by atoms with Gasteiger partial charge in [-0.1, -0.05) is 6.42 Å². The molecule has 0 aliphatic heterocycles. The summed E-state index contributed by atoms with van der Waals surface area (Å²) in [5.74, 6) is -0.531. The summed E-state index contributed by atoms with van der Waals surface area (Å²) >= 11 is 0. The van der Waals surface area contributed by atoms with Gasteiger partial charge in [0.1, 0.15) is 17.4 Å². The van der Waals surface area contributed by atoms with Crippen molar-refractivity contribution < 1.29 is 19.4 Å². The largest absolute Gasteiger partial charge is 0.494 e. The monoisotopic (exact) mass is 345 g/mol. The predicted octanol–water partition coefficient (Wildman–Crippen LogP) is 2.67. The van der Waals surface area contributed by atoms with Crippen LogP contribution in [0, 0.1) is 11.3 Å². The van der Waals surface area contributed by atoms with Crippen molar-refractivity contribution in [3.05, 3.63) is 36.0 Å². The number of unbranched alkanes of at least 4 members (excludes halogenated alkanes) is 2. The molecule has 0 bridgehead atoms. The van der Waals surface area contributed by atoms with E-state index in [1.807, 2.05) is 13.0 Å². The van der Waals surface area contributed by atoms with E-state index in [0.717, 1.165) is 11.4 Å². The SMILES string of the molecule is CCOc1ccc(N/C=C(/C#N)C(=O)NCCCCCC(=O)O)cc1. The first kappa shape index (κ1) is 20.0. The van der Waals surface area contributed by atoms with E-state index < -0.39 is 11.9 Å². The summed E-state index contributed by atoms with van der Waals surface area (Å²) in [7, 11) is 0. The van der Waals surface area contributed by atoms with Crippen LogP contribution in [0.25, 0.3) is 0 Å². The number of carboxylic acid groups (broad SMARTS) is 1. The van der Waals surface area contributed by atoms with Gasteiger partial charge in [-0.15, -0.1) is 0 Å². The Morgan fingerprint density at radius 3 is 2.56 bits per heavy atom. The summed E-state index contributed by atoms with van der Waals surface area (Å²) in [6, 6.07) is 9.02. The molecule has 0 radical (unpaired) electrons. The number of carbonyl (C=O) groups excluding carboxylic acids is 1. The van der Waals surface area contributed by atoms with E-state index in [9.17, 15) is 9.59 Å². The number of nitriles is 1. The first-order valence-electron chi connectivity index (χ1n) is 8.16. The zero-order chi connectivity index (χ0) is 18.5. The van der Waals surface area contributed by atoms with Gasteiger partial charge in [0.05, 0.1) is 6.61 Å². The third kappa shape index (κ3) is 8.42. The lowest BCUT2D eigenvalue weighted by atomic mass is 10.2. The number of aliphatic carboxylic acids is 1. The topological polar surface area (TPSA) is 111 Å². The average Bonchev–Trinajstić information content (AvgIpc) is 2.60. The van der Waals surface area contributed by atoms with Crippen LogP contribution in [-0.4, -0.2) is 30.1 Å². The van der Waals surface area contributed by atoms with Crippen molar-refractivity contribution in [1.29, 1.82) is 5.26 Å². The Morgan fingerprint density at radius 1 is 1.24 bits per heavy atom. The lowest BCUT2D eigenvalue weighted by molar-refractivity contribution is -0.137. The normalized spacial score (nSPS) is 10.6. The molecule has 1 aromatic carbocycles. The molecule has 0 aromatic heterocycles. The minimum atomic E-state index is -0.820. The van der Waals surface area contributed by atoms with Crippen LogP contribution in [0.15, 0.2) is 36.0 Å². The highest BCUT2D eigenvalue weighted by atomic mass is 16.5. The highest BCUT2D eigenvalue weighted by Crippen LogP contribution is 2.15. The Bertz CT molecular complexity index is 633. The van der Waals surface area contributed by atoms with Crippen molar-refractivity contribution in [2.24, 2.45) is 0 Å². The van der Waals surface area contributed by atoms with Crippen molar-refractivity contribution in [2.45, 2.75) is 32.6 Å². The molecule has 1 amide bonds. The van der Waals surface area contributed by atoms with E-state index in [0.29, 0.717) is 32.4 Å². The molecule has 0 saturated carbocycles. The van der Waals surface area contributed by atoms with E-state index in [2.05, 4.69) is 10.6 Å². The summed E-state index contributed by atoms with van der Waals surface area (Å²) in [4.78, 5) is 22.3. The first-order chi connectivity index (χ1) is 12.1. The van der Waals surface area contributed by atoms with Crippen molar-refractivity contribution in [3.8, 4) is 11.8 Å². The predicted molar refractivity (Wildman–Crippen MR) is 94.0 cm³/mol. The fourth-order valence-corrected chi connectivity index (χ4v) is 1.99. The number of amides is 1. The fourth-order valence-electron chi connectivity index (χ4n) is 1.99. The smallest absolute Gasteiger partial charge is 0.303 e. The van der Waals surface area contributed by atoms with Gasteiger partial charge in [0.25, 0.3) is 5.91 Å².